The van der Waals surface area contributed by atoms with Crippen molar-refractivity contribution in [3.8, 4) is 17.2 Å². The summed E-state index contributed by atoms with van der Waals surface area (Å²) in [4.78, 5) is 20.7. The van der Waals surface area contributed by atoms with Crippen molar-refractivity contribution in [3.63, 3.8) is 0 Å². The number of carbonyl (C=O) groups is 1. The first-order valence-electron chi connectivity index (χ1n) is 13.0. The number of morpholine rings is 1. The molecule has 38 heavy (non-hydrogen) atoms. The van der Waals surface area contributed by atoms with Gasteiger partial charge in [-0.3, -0.25) is 0 Å². The number of aryl methyl sites for hydroxylation is 1. The lowest BCUT2D eigenvalue weighted by Crippen LogP contribution is -2.51. The molecular weight excluding hydrogens is 496 g/mol. The second kappa shape index (κ2) is 11.5. The van der Waals surface area contributed by atoms with E-state index < -0.39 is 6.61 Å². The fourth-order valence-corrected chi connectivity index (χ4v) is 5.45. The molecule has 10 heteroatoms. The van der Waals surface area contributed by atoms with E-state index in [2.05, 4.69) is 9.72 Å². The Hall–Kier alpha value is -3.53. The van der Waals surface area contributed by atoms with Crippen LogP contribution in [0.25, 0.3) is 10.9 Å². The van der Waals surface area contributed by atoms with E-state index in [0.29, 0.717) is 70.2 Å². The van der Waals surface area contributed by atoms with Gasteiger partial charge in [-0.1, -0.05) is 0 Å². The van der Waals surface area contributed by atoms with E-state index in [4.69, 9.17) is 14.2 Å². The van der Waals surface area contributed by atoms with Crippen LogP contribution in [0.5, 0.6) is 17.2 Å². The maximum absolute atomic E-state index is 13.7. The lowest BCUT2D eigenvalue weighted by Gasteiger charge is -2.41. The van der Waals surface area contributed by atoms with Crippen LogP contribution in [-0.4, -0.2) is 74.0 Å². The van der Waals surface area contributed by atoms with E-state index >= 15 is 0 Å². The number of carbonyl (C=O) groups excluding carboxylic acids is 1. The molecule has 1 N–H and O–H groups in total. The monoisotopic (exact) mass is 529 g/mol. The van der Waals surface area contributed by atoms with E-state index in [1.165, 1.54) is 6.07 Å². The first kappa shape index (κ1) is 26.1. The molecule has 0 aliphatic carbocycles. The Labute approximate surface area is 220 Å². The highest BCUT2D eigenvalue weighted by Gasteiger charge is 2.35. The molecule has 2 aromatic carbocycles. The predicted molar refractivity (Wildman–Crippen MR) is 138 cm³/mol. The molecule has 3 heterocycles. The lowest BCUT2D eigenvalue weighted by atomic mass is 9.88. The van der Waals surface area contributed by atoms with Gasteiger partial charge >= 0.3 is 12.6 Å². The fraction of sp³-hybridized carbons (Fsp3) is 0.464. The van der Waals surface area contributed by atoms with Crippen molar-refractivity contribution >= 4 is 16.9 Å². The molecule has 1 unspecified atom stereocenters. The molecule has 2 aliphatic rings. The number of rotatable bonds is 8. The molecule has 1 aromatic heterocycles. The van der Waals surface area contributed by atoms with Gasteiger partial charge in [-0.2, -0.15) is 8.78 Å². The maximum atomic E-state index is 13.7. The summed E-state index contributed by atoms with van der Waals surface area (Å²) in [5.74, 6) is 1.45. The van der Waals surface area contributed by atoms with Gasteiger partial charge in [-0.15, -0.1) is 0 Å². The molecule has 5 rings (SSSR count). The second-order valence-electron chi connectivity index (χ2n) is 9.41. The number of aromatic nitrogens is 1. The van der Waals surface area contributed by atoms with Crippen LogP contribution in [-0.2, 0) is 17.6 Å². The topological polar surface area (TPSA) is 76.3 Å². The zero-order valence-corrected chi connectivity index (χ0v) is 21.7. The molecule has 2 aliphatic heterocycles. The zero-order valence-electron chi connectivity index (χ0n) is 21.7. The number of urea groups is 1. The third-order valence-corrected chi connectivity index (χ3v) is 7.26. The van der Waals surface area contributed by atoms with Crippen molar-refractivity contribution < 1.29 is 32.5 Å². The molecule has 0 radical (unpaired) electrons. The molecule has 0 spiro atoms. The molecule has 3 aromatic rings. The number of nitrogens with one attached hydrogen (secondary N) is 1. The number of alkyl halides is 2. The third-order valence-electron chi connectivity index (χ3n) is 7.26. The Morgan fingerprint density at radius 2 is 1.97 bits per heavy atom. The normalized spacial score (nSPS) is 17.6. The van der Waals surface area contributed by atoms with Gasteiger partial charge in [0.05, 0.1) is 33.0 Å². The van der Waals surface area contributed by atoms with Crippen LogP contribution in [0.4, 0.5) is 13.6 Å². The highest BCUT2D eigenvalue weighted by molar-refractivity contribution is 5.84. The molecule has 0 saturated carbocycles. The number of hydrogen-bond acceptors (Lipinski definition) is 5. The van der Waals surface area contributed by atoms with Crippen LogP contribution in [0, 0.1) is 0 Å². The largest absolute Gasteiger partial charge is 0.493 e. The van der Waals surface area contributed by atoms with E-state index in [9.17, 15) is 13.6 Å². The Morgan fingerprint density at radius 1 is 1.16 bits per heavy atom. The smallest absolute Gasteiger partial charge is 0.387 e. The average molecular weight is 530 g/mol. The van der Waals surface area contributed by atoms with Gasteiger partial charge in [-0.05, 0) is 73.2 Å². The summed E-state index contributed by atoms with van der Waals surface area (Å²) in [5.41, 5.74) is 4.00. The van der Waals surface area contributed by atoms with Gasteiger partial charge in [0.25, 0.3) is 0 Å². The lowest BCUT2D eigenvalue weighted by molar-refractivity contribution is -0.0497. The van der Waals surface area contributed by atoms with E-state index in [0.717, 1.165) is 27.6 Å². The summed E-state index contributed by atoms with van der Waals surface area (Å²) in [7, 11) is 1.63. The van der Waals surface area contributed by atoms with Crippen molar-refractivity contribution in [1.29, 1.82) is 0 Å². The van der Waals surface area contributed by atoms with Crippen LogP contribution in [0.1, 0.15) is 36.1 Å². The quantitative estimate of drug-likeness (QED) is 0.436. The van der Waals surface area contributed by atoms with Crippen LogP contribution in [0.2, 0.25) is 0 Å². The number of halogens is 2. The van der Waals surface area contributed by atoms with Gasteiger partial charge < -0.3 is 33.7 Å². The Balaban J connectivity index is 1.47. The summed E-state index contributed by atoms with van der Waals surface area (Å²) in [6.07, 6.45) is 3.89. The van der Waals surface area contributed by atoms with Gasteiger partial charge in [0.2, 0.25) is 0 Å². The highest BCUT2D eigenvalue weighted by atomic mass is 19.3. The SMILES string of the molecule is CCOc1cc2c(cc1OC)CCN(C(=O)N1CCOCC1)C2CCc1c[nH]c2ccc(OC(F)F)cc12. The Bertz CT molecular complexity index is 1270. The van der Waals surface area contributed by atoms with Crippen LogP contribution < -0.4 is 14.2 Å². The van der Waals surface area contributed by atoms with E-state index in [1.54, 1.807) is 19.2 Å². The number of fused-ring (bicyclic) bond motifs is 2. The minimum atomic E-state index is -2.88. The molecule has 1 fully saturated rings. The molecular formula is C28H33F2N3O5. The average Bonchev–Trinajstić information content (AvgIpc) is 3.33. The zero-order chi connectivity index (χ0) is 26.6. The fourth-order valence-electron chi connectivity index (χ4n) is 5.45. The molecule has 8 nitrogen and oxygen atoms in total. The molecule has 1 saturated heterocycles. The van der Waals surface area contributed by atoms with Gasteiger partial charge in [0.1, 0.15) is 5.75 Å². The summed E-state index contributed by atoms with van der Waals surface area (Å²) in [5, 5.41) is 0.829. The summed E-state index contributed by atoms with van der Waals surface area (Å²) < 4.78 is 47.1. The minimum absolute atomic E-state index is 0.00396. The molecule has 1 atom stereocenters. The maximum Gasteiger partial charge on any atom is 0.387 e. The number of ether oxygens (including phenoxy) is 4. The van der Waals surface area contributed by atoms with Crippen molar-refractivity contribution in [1.82, 2.24) is 14.8 Å². The van der Waals surface area contributed by atoms with Crippen molar-refractivity contribution in [3.05, 3.63) is 53.2 Å². The number of amides is 2. The van der Waals surface area contributed by atoms with Crippen LogP contribution >= 0.6 is 0 Å². The number of benzene rings is 2. The Kier molecular flexibility index (Phi) is 7.87. The highest BCUT2D eigenvalue weighted by Crippen LogP contribution is 2.41. The van der Waals surface area contributed by atoms with Crippen molar-refractivity contribution in [2.24, 2.45) is 0 Å². The summed E-state index contributed by atoms with van der Waals surface area (Å²) in [6.45, 7) is 2.32. The molecule has 2 amide bonds. The standard InChI is InChI=1S/C28H33F2N3O5/c1-3-37-26-16-22-18(14-25(26)35-2)8-9-33(28(34)32-10-12-36-13-11-32)24(22)7-4-19-17-31-23-6-5-20(15-21(19)23)38-27(29)30/h5-6,14-17,24,27,31H,3-4,7-13H2,1-2H3. The van der Waals surface area contributed by atoms with Gasteiger partial charge in [0, 0.05) is 36.7 Å². The number of nitrogens with zero attached hydrogens (tertiary/aromatic N) is 2. The number of H-pyrrole nitrogens is 1. The first-order valence-corrected chi connectivity index (χ1v) is 13.0. The van der Waals surface area contributed by atoms with Crippen LogP contribution in [0.3, 0.4) is 0 Å². The van der Waals surface area contributed by atoms with E-state index in [1.807, 2.05) is 35.1 Å². The number of aromatic amines is 1. The second-order valence-corrected chi connectivity index (χ2v) is 9.41. The molecule has 0 bridgehead atoms. The molecule has 204 valence electrons. The van der Waals surface area contributed by atoms with Crippen molar-refractivity contribution in [2.45, 2.75) is 38.8 Å². The van der Waals surface area contributed by atoms with Crippen LogP contribution in [0.15, 0.2) is 36.5 Å². The third kappa shape index (κ3) is 5.36. The van der Waals surface area contributed by atoms with E-state index in [-0.39, 0.29) is 17.8 Å². The van der Waals surface area contributed by atoms with Gasteiger partial charge in [-0.25, -0.2) is 4.79 Å². The first-order chi connectivity index (χ1) is 18.5. The van der Waals surface area contributed by atoms with Gasteiger partial charge in [0.15, 0.2) is 11.5 Å². The predicted octanol–water partition coefficient (Wildman–Crippen LogP) is 5.16. The summed E-state index contributed by atoms with van der Waals surface area (Å²) in [6, 6.07) is 8.73. The summed E-state index contributed by atoms with van der Waals surface area (Å²) >= 11 is 0. The number of methoxy groups -OCH3 is 1. The van der Waals surface area contributed by atoms with Crippen molar-refractivity contribution in [2.75, 3.05) is 46.6 Å². The Morgan fingerprint density at radius 3 is 2.71 bits per heavy atom. The minimum Gasteiger partial charge on any atom is -0.493 e. The number of hydrogen-bond donors (Lipinski definition) is 1.